The lowest BCUT2D eigenvalue weighted by molar-refractivity contribution is -0.181. The molecule has 1 N–H and O–H groups in total. The summed E-state index contributed by atoms with van der Waals surface area (Å²) in [5.74, 6) is 2.07. The fourth-order valence-electron chi connectivity index (χ4n) is 2.64. The van der Waals surface area contributed by atoms with E-state index in [0.29, 0.717) is 13.1 Å². The standard InChI is InChI=1S/C13H22F3N3OS/c1-10(13(14,15)16)18-4-6-19(7-5-18)12(20)17-11-3-2-8-21-9-11/h10-11H,2-9H2,1H3,(H,17,20)/t10-,11-/m1/s1. The van der Waals surface area contributed by atoms with Crippen molar-refractivity contribution in [3.8, 4) is 0 Å². The molecule has 0 radical (unpaired) electrons. The fourth-order valence-corrected chi connectivity index (χ4v) is 3.71. The number of halogens is 3. The van der Waals surface area contributed by atoms with E-state index in [1.54, 1.807) is 4.90 Å². The minimum absolute atomic E-state index is 0.137. The van der Waals surface area contributed by atoms with E-state index < -0.39 is 12.2 Å². The predicted molar refractivity (Wildman–Crippen MR) is 77.5 cm³/mol. The van der Waals surface area contributed by atoms with Gasteiger partial charge in [0, 0.05) is 38.0 Å². The number of carbonyl (C=O) groups is 1. The molecule has 2 aliphatic heterocycles. The molecule has 0 aromatic carbocycles. The first-order valence-electron chi connectivity index (χ1n) is 7.32. The van der Waals surface area contributed by atoms with Crippen LogP contribution in [0.1, 0.15) is 19.8 Å². The minimum Gasteiger partial charge on any atom is -0.334 e. The summed E-state index contributed by atoms with van der Waals surface area (Å²) in [5, 5.41) is 2.99. The Bertz CT molecular complexity index is 353. The molecule has 8 heteroatoms. The number of amides is 2. The first kappa shape index (κ1) is 16.7. The van der Waals surface area contributed by atoms with Gasteiger partial charge < -0.3 is 10.2 Å². The van der Waals surface area contributed by atoms with Gasteiger partial charge in [-0.1, -0.05) is 0 Å². The second-order valence-corrected chi connectivity index (χ2v) is 6.75. The molecule has 0 aromatic heterocycles. The molecule has 0 spiro atoms. The fraction of sp³-hybridized carbons (Fsp3) is 0.923. The maximum absolute atomic E-state index is 12.7. The average molecular weight is 325 g/mol. The largest absolute Gasteiger partial charge is 0.403 e. The van der Waals surface area contributed by atoms with Crippen molar-refractivity contribution in [2.75, 3.05) is 37.7 Å². The maximum Gasteiger partial charge on any atom is 0.403 e. The van der Waals surface area contributed by atoms with Gasteiger partial charge in [-0.15, -0.1) is 0 Å². The number of rotatable bonds is 2. The summed E-state index contributed by atoms with van der Waals surface area (Å²) in [6, 6.07) is -1.39. The van der Waals surface area contributed by atoms with Gasteiger partial charge in [-0.2, -0.15) is 24.9 Å². The molecule has 21 heavy (non-hydrogen) atoms. The van der Waals surface area contributed by atoms with Crippen molar-refractivity contribution in [3.05, 3.63) is 0 Å². The van der Waals surface area contributed by atoms with Crippen molar-refractivity contribution in [1.29, 1.82) is 0 Å². The number of thioether (sulfide) groups is 1. The monoisotopic (exact) mass is 325 g/mol. The van der Waals surface area contributed by atoms with E-state index in [0.717, 1.165) is 24.3 Å². The molecule has 0 bridgehead atoms. The molecule has 0 aliphatic carbocycles. The Labute approximate surface area is 127 Å². The number of piperazine rings is 1. The summed E-state index contributed by atoms with van der Waals surface area (Å²) >= 11 is 1.83. The van der Waals surface area contributed by atoms with E-state index in [4.69, 9.17) is 0 Å². The summed E-state index contributed by atoms with van der Waals surface area (Å²) in [4.78, 5) is 15.1. The van der Waals surface area contributed by atoms with Gasteiger partial charge in [0.1, 0.15) is 6.04 Å². The Morgan fingerprint density at radius 3 is 2.48 bits per heavy atom. The summed E-state index contributed by atoms with van der Waals surface area (Å²) in [5.41, 5.74) is 0. The van der Waals surface area contributed by atoms with Crippen LogP contribution < -0.4 is 5.32 Å². The van der Waals surface area contributed by atoms with Crippen LogP contribution in [0.5, 0.6) is 0 Å². The summed E-state index contributed by atoms with van der Waals surface area (Å²) in [7, 11) is 0. The average Bonchev–Trinajstić information content (AvgIpc) is 2.46. The quantitative estimate of drug-likeness (QED) is 0.845. The van der Waals surface area contributed by atoms with Gasteiger partial charge in [0.25, 0.3) is 0 Å². The Morgan fingerprint density at radius 2 is 1.95 bits per heavy atom. The SMILES string of the molecule is C[C@@H](N1CCN(C(=O)N[C@@H]2CCCSC2)CC1)C(F)(F)F. The minimum atomic E-state index is -4.20. The van der Waals surface area contributed by atoms with Crippen molar-refractivity contribution in [3.63, 3.8) is 0 Å². The molecule has 2 atom stereocenters. The summed E-state index contributed by atoms with van der Waals surface area (Å²) < 4.78 is 38.0. The smallest absolute Gasteiger partial charge is 0.334 e. The Balaban J connectivity index is 1.76. The lowest BCUT2D eigenvalue weighted by Crippen LogP contribution is -2.57. The van der Waals surface area contributed by atoms with Crippen molar-refractivity contribution < 1.29 is 18.0 Å². The number of carbonyl (C=O) groups excluding carboxylic acids is 1. The third kappa shape index (κ3) is 4.67. The van der Waals surface area contributed by atoms with Crippen LogP contribution in [0.15, 0.2) is 0 Å². The highest BCUT2D eigenvalue weighted by molar-refractivity contribution is 7.99. The maximum atomic E-state index is 12.7. The molecular formula is C13H22F3N3OS. The van der Waals surface area contributed by atoms with E-state index in [2.05, 4.69) is 5.32 Å². The van der Waals surface area contributed by atoms with Gasteiger partial charge in [-0.25, -0.2) is 4.79 Å². The summed E-state index contributed by atoms with van der Waals surface area (Å²) in [6.45, 7) is 2.42. The lowest BCUT2D eigenvalue weighted by Gasteiger charge is -2.39. The topological polar surface area (TPSA) is 35.6 Å². The van der Waals surface area contributed by atoms with Crippen molar-refractivity contribution in [2.45, 2.75) is 38.0 Å². The third-order valence-corrected chi connectivity index (χ3v) is 5.33. The van der Waals surface area contributed by atoms with Gasteiger partial charge >= 0.3 is 12.2 Å². The molecule has 2 heterocycles. The Kier molecular flexibility index (Phi) is 5.65. The Hall–Kier alpha value is -0.630. The van der Waals surface area contributed by atoms with E-state index in [9.17, 15) is 18.0 Å². The summed E-state index contributed by atoms with van der Waals surface area (Å²) in [6.07, 6.45) is -2.11. The second-order valence-electron chi connectivity index (χ2n) is 5.60. The number of urea groups is 1. The normalized spacial score (nSPS) is 26.5. The highest BCUT2D eigenvalue weighted by atomic mass is 32.2. The zero-order valence-electron chi connectivity index (χ0n) is 12.2. The van der Waals surface area contributed by atoms with Crippen LogP contribution in [-0.4, -0.2) is 71.8 Å². The zero-order chi connectivity index (χ0) is 15.5. The van der Waals surface area contributed by atoms with Crippen LogP contribution in [0.2, 0.25) is 0 Å². The van der Waals surface area contributed by atoms with Crippen molar-refractivity contribution in [2.24, 2.45) is 0 Å². The molecule has 122 valence electrons. The molecule has 0 saturated carbocycles. The van der Waals surface area contributed by atoms with Gasteiger partial charge in [0.2, 0.25) is 0 Å². The second kappa shape index (κ2) is 7.09. The molecule has 2 fully saturated rings. The molecule has 2 rings (SSSR count). The molecule has 2 aliphatic rings. The zero-order valence-corrected chi connectivity index (χ0v) is 13.0. The van der Waals surface area contributed by atoms with E-state index in [1.165, 1.54) is 11.8 Å². The molecule has 0 unspecified atom stereocenters. The predicted octanol–water partition coefficient (Wildman–Crippen LogP) is 2.16. The Morgan fingerprint density at radius 1 is 1.29 bits per heavy atom. The van der Waals surface area contributed by atoms with E-state index in [1.807, 2.05) is 11.8 Å². The van der Waals surface area contributed by atoms with Crippen LogP contribution in [0.3, 0.4) is 0 Å². The van der Waals surface area contributed by atoms with Crippen LogP contribution in [0.25, 0.3) is 0 Å². The van der Waals surface area contributed by atoms with Gasteiger partial charge in [0.15, 0.2) is 0 Å². The highest BCUT2D eigenvalue weighted by Gasteiger charge is 2.41. The molecular weight excluding hydrogens is 303 g/mol. The first-order valence-corrected chi connectivity index (χ1v) is 8.47. The molecule has 2 amide bonds. The third-order valence-electron chi connectivity index (χ3n) is 4.11. The molecule has 2 saturated heterocycles. The number of alkyl halides is 3. The number of nitrogens with zero attached hydrogens (tertiary/aromatic N) is 2. The van der Waals surface area contributed by atoms with Crippen molar-refractivity contribution >= 4 is 17.8 Å². The lowest BCUT2D eigenvalue weighted by atomic mass is 10.2. The molecule has 4 nitrogen and oxygen atoms in total. The van der Waals surface area contributed by atoms with Crippen LogP contribution >= 0.6 is 11.8 Å². The van der Waals surface area contributed by atoms with Crippen LogP contribution in [0, 0.1) is 0 Å². The van der Waals surface area contributed by atoms with E-state index in [-0.39, 0.29) is 25.2 Å². The highest BCUT2D eigenvalue weighted by Crippen LogP contribution is 2.25. The molecule has 0 aromatic rings. The number of hydrogen-bond acceptors (Lipinski definition) is 3. The van der Waals surface area contributed by atoms with Crippen LogP contribution in [-0.2, 0) is 0 Å². The first-order chi connectivity index (χ1) is 9.88. The van der Waals surface area contributed by atoms with Gasteiger partial charge in [0.05, 0.1) is 0 Å². The van der Waals surface area contributed by atoms with Crippen molar-refractivity contribution in [1.82, 2.24) is 15.1 Å². The number of hydrogen-bond donors (Lipinski definition) is 1. The van der Waals surface area contributed by atoms with Crippen LogP contribution in [0.4, 0.5) is 18.0 Å². The number of nitrogens with one attached hydrogen (secondary N) is 1. The van der Waals surface area contributed by atoms with E-state index >= 15 is 0 Å². The van der Waals surface area contributed by atoms with Gasteiger partial charge in [-0.3, -0.25) is 4.90 Å². The van der Waals surface area contributed by atoms with Gasteiger partial charge in [-0.05, 0) is 25.5 Å².